The van der Waals surface area contributed by atoms with E-state index in [0.717, 1.165) is 5.56 Å². The van der Waals surface area contributed by atoms with Crippen LogP contribution in [0.2, 0.25) is 0 Å². The summed E-state index contributed by atoms with van der Waals surface area (Å²) in [5.41, 5.74) is 0.581. The molecule has 10 heteroatoms. The molecule has 0 spiro atoms. The molecule has 5 N–H and O–H groups in total. The zero-order chi connectivity index (χ0) is 18.2. The molecule has 0 aliphatic heterocycles. The topological polar surface area (TPSA) is 162 Å². The smallest absolute Gasteiger partial charge is 0.322 e. The molecular weight excluding hydrogens is 336 g/mol. The van der Waals surface area contributed by atoms with Gasteiger partial charge in [-0.25, -0.2) is 13.6 Å². The van der Waals surface area contributed by atoms with Crippen molar-refractivity contribution >= 4 is 21.9 Å². The van der Waals surface area contributed by atoms with Gasteiger partial charge in [-0.2, -0.15) is 5.26 Å². The van der Waals surface area contributed by atoms with Gasteiger partial charge >= 0.3 is 5.97 Å². The van der Waals surface area contributed by atoms with Gasteiger partial charge in [0.2, 0.25) is 10.0 Å². The Morgan fingerprint density at radius 3 is 2.42 bits per heavy atom. The van der Waals surface area contributed by atoms with Crippen LogP contribution in [0.4, 0.5) is 0 Å². The molecule has 9 nitrogen and oxygen atoms in total. The van der Waals surface area contributed by atoms with Gasteiger partial charge < -0.3 is 15.7 Å². The summed E-state index contributed by atoms with van der Waals surface area (Å²) in [7, 11) is -3.73. The van der Waals surface area contributed by atoms with Crippen LogP contribution >= 0.6 is 0 Å². The minimum absolute atomic E-state index is 0.0148. The van der Waals surface area contributed by atoms with Crippen LogP contribution in [0.1, 0.15) is 5.56 Å². The van der Waals surface area contributed by atoms with Crippen LogP contribution in [0.5, 0.6) is 0 Å². The Morgan fingerprint density at radius 2 is 1.92 bits per heavy atom. The number of nitrogens with one attached hydrogen (secondary N) is 2. The summed E-state index contributed by atoms with van der Waals surface area (Å²) >= 11 is 0. The van der Waals surface area contributed by atoms with Crippen LogP contribution in [0.3, 0.4) is 0 Å². The molecule has 24 heavy (non-hydrogen) atoms. The summed E-state index contributed by atoms with van der Waals surface area (Å²) in [5, 5.41) is 27.1. The van der Waals surface area contributed by atoms with E-state index in [2.05, 4.69) is 10.6 Å². The van der Waals surface area contributed by atoms with E-state index in [-0.39, 0.29) is 10.5 Å². The van der Waals surface area contributed by atoms with Gasteiger partial charge in [0.05, 0.1) is 4.90 Å². The van der Waals surface area contributed by atoms with Crippen LogP contribution < -0.4 is 15.8 Å². The first-order valence-electron chi connectivity index (χ1n) is 6.69. The molecule has 1 aromatic carbocycles. The van der Waals surface area contributed by atoms with Gasteiger partial charge in [0, 0.05) is 12.7 Å². The number of hydrogen-bond donors (Lipinski definition) is 4. The van der Waals surface area contributed by atoms with E-state index in [4.69, 9.17) is 15.5 Å². The average Bonchev–Trinajstić information content (AvgIpc) is 2.52. The Balaban J connectivity index is 2.52. The molecule has 0 bridgehead atoms. The monoisotopic (exact) mass is 352 g/mol. The lowest BCUT2D eigenvalue weighted by atomic mass is 10.1. The van der Waals surface area contributed by atoms with Crippen LogP contribution in [-0.4, -0.2) is 38.5 Å². The van der Waals surface area contributed by atoms with Gasteiger partial charge in [-0.1, -0.05) is 12.1 Å². The van der Waals surface area contributed by atoms with Crippen molar-refractivity contribution in [1.29, 1.82) is 5.26 Å². The van der Waals surface area contributed by atoms with E-state index in [0.29, 0.717) is 13.0 Å². The first kappa shape index (κ1) is 19.1. The number of aliphatic carboxylic acids is 1. The fourth-order valence-corrected chi connectivity index (χ4v) is 2.15. The molecular formula is C14H16N4O5S. The zero-order valence-corrected chi connectivity index (χ0v) is 13.3. The number of sulfonamides is 1. The first-order valence-corrected chi connectivity index (χ1v) is 8.24. The van der Waals surface area contributed by atoms with E-state index in [1.54, 1.807) is 18.2 Å². The molecule has 1 amide bonds. The summed E-state index contributed by atoms with van der Waals surface area (Å²) in [5.74, 6) is -2.00. The molecule has 0 unspecified atom stereocenters. The Labute approximate surface area is 138 Å². The highest BCUT2D eigenvalue weighted by Crippen LogP contribution is 2.08. The number of hydrogen-bond acceptors (Lipinski definition) is 6. The Bertz CT molecular complexity index is 778. The van der Waals surface area contributed by atoms with Crippen molar-refractivity contribution in [3.05, 3.63) is 41.6 Å². The molecule has 0 fully saturated rings. The quantitative estimate of drug-likeness (QED) is 0.267. The molecule has 128 valence electrons. The van der Waals surface area contributed by atoms with Crippen LogP contribution in [-0.2, 0) is 26.0 Å². The number of primary sulfonamides is 1. The fourth-order valence-electron chi connectivity index (χ4n) is 1.64. The maximum atomic E-state index is 11.5. The first-order chi connectivity index (χ1) is 11.2. The van der Waals surface area contributed by atoms with Crippen molar-refractivity contribution in [3.8, 4) is 6.07 Å². The van der Waals surface area contributed by atoms with Crippen molar-refractivity contribution in [2.45, 2.75) is 11.3 Å². The highest BCUT2D eigenvalue weighted by Gasteiger charge is 2.09. The minimum atomic E-state index is -3.73. The highest BCUT2D eigenvalue weighted by atomic mass is 32.2. The van der Waals surface area contributed by atoms with Crippen LogP contribution in [0, 0.1) is 11.3 Å². The number of benzene rings is 1. The van der Waals surface area contributed by atoms with Gasteiger partial charge in [-0.05, 0) is 24.1 Å². The normalized spacial score (nSPS) is 11.4. The third kappa shape index (κ3) is 6.47. The summed E-state index contributed by atoms with van der Waals surface area (Å²) in [4.78, 5) is 21.9. The molecule has 0 aliphatic rings. The van der Waals surface area contributed by atoms with E-state index in [1.165, 1.54) is 18.3 Å². The molecule has 0 saturated carbocycles. The number of amides is 1. The summed E-state index contributed by atoms with van der Waals surface area (Å²) in [6, 6.07) is 7.65. The highest BCUT2D eigenvalue weighted by molar-refractivity contribution is 7.89. The van der Waals surface area contributed by atoms with E-state index in [9.17, 15) is 18.0 Å². The van der Waals surface area contributed by atoms with Crippen molar-refractivity contribution in [2.75, 3.05) is 13.1 Å². The van der Waals surface area contributed by atoms with Gasteiger partial charge in [0.1, 0.15) is 18.2 Å². The molecule has 0 aliphatic carbocycles. The second kappa shape index (κ2) is 8.66. The number of nitrogens with two attached hydrogens (primary N) is 1. The SMILES string of the molecule is N#C/C(=C/NCCc1ccc(S(N)(=O)=O)cc1)C(=O)NCC(=O)O. The Morgan fingerprint density at radius 1 is 1.29 bits per heavy atom. The molecule has 1 rings (SSSR count). The standard InChI is InChI=1S/C14H16N4O5S/c15-7-11(14(21)18-9-13(19)20)8-17-6-5-10-1-3-12(4-2-10)24(16,22)23/h1-4,8,17H,5-6,9H2,(H,18,21)(H,19,20)(H2,16,22,23)/b11-8-. The molecule has 0 aromatic heterocycles. The molecule has 0 saturated heterocycles. The van der Waals surface area contributed by atoms with Crippen molar-refractivity contribution in [2.24, 2.45) is 5.14 Å². The third-order valence-corrected chi connectivity index (χ3v) is 3.75. The number of nitrogens with zero attached hydrogens (tertiary/aromatic N) is 1. The average molecular weight is 352 g/mol. The number of carbonyl (C=O) groups excluding carboxylic acids is 1. The fraction of sp³-hybridized carbons (Fsp3) is 0.214. The number of rotatable bonds is 8. The maximum Gasteiger partial charge on any atom is 0.322 e. The number of nitriles is 1. The van der Waals surface area contributed by atoms with Crippen molar-refractivity contribution in [1.82, 2.24) is 10.6 Å². The predicted molar refractivity (Wildman–Crippen MR) is 83.9 cm³/mol. The van der Waals surface area contributed by atoms with Gasteiger partial charge in [0.15, 0.2) is 0 Å². The van der Waals surface area contributed by atoms with Crippen molar-refractivity contribution < 1.29 is 23.1 Å². The number of carboxylic acid groups (broad SMARTS) is 1. The maximum absolute atomic E-state index is 11.5. The summed E-state index contributed by atoms with van der Waals surface area (Å²) in [6.45, 7) is -0.194. The van der Waals surface area contributed by atoms with Gasteiger partial charge in [0.25, 0.3) is 5.91 Å². The predicted octanol–water partition coefficient (Wildman–Crippen LogP) is -0.926. The lowest BCUT2D eigenvalue weighted by Gasteiger charge is -2.05. The lowest BCUT2D eigenvalue weighted by Crippen LogP contribution is -2.30. The van der Waals surface area contributed by atoms with E-state index < -0.39 is 28.4 Å². The zero-order valence-electron chi connectivity index (χ0n) is 12.5. The van der Waals surface area contributed by atoms with Crippen LogP contribution in [0.25, 0.3) is 0 Å². The summed E-state index contributed by atoms with van der Waals surface area (Å²) in [6.07, 6.45) is 1.70. The second-order valence-corrected chi connectivity index (χ2v) is 6.20. The Hall–Kier alpha value is -2.90. The molecule has 0 atom stereocenters. The van der Waals surface area contributed by atoms with Crippen LogP contribution in [0.15, 0.2) is 40.9 Å². The Kier molecular flexibility index (Phi) is 6.91. The van der Waals surface area contributed by atoms with E-state index >= 15 is 0 Å². The minimum Gasteiger partial charge on any atom is -0.480 e. The largest absolute Gasteiger partial charge is 0.480 e. The molecule has 1 aromatic rings. The number of carbonyl (C=O) groups is 2. The third-order valence-electron chi connectivity index (χ3n) is 2.82. The lowest BCUT2D eigenvalue weighted by molar-refractivity contribution is -0.137. The number of carboxylic acids is 1. The van der Waals surface area contributed by atoms with Gasteiger partial charge in [-0.15, -0.1) is 0 Å². The van der Waals surface area contributed by atoms with Crippen molar-refractivity contribution in [3.63, 3.8) is 0 Å². The van der Waals surface area contributed by atoms with E-state index in [1.807, 2.05) is 0 Å². The molecule has 0 radical (unpaired) electrons. The molecule has 0 heterocycles. The second-order valence-electron chi connectivity index (χ2n) is 4.64. The van der Waals surface area contributed by atoms with Gasteiger partial charge in [-0.3, -0.25) is 9.59 Å². The summed E-state index contributed by atoms with van der Waals surface area (Å²) < 4.78 is 22.2.